The van der Waals surface area contributed by atoms with Crippen LogP contribution in [-0.4, -0.2) is 39.4 Å². The average Bonchev–Trinajstić information content (AvgIpc) is 3.10. The minimum atomic E-state index is 0.635. The quantitative estimate of drug-likeness (QED) is 0.724. The van der Waals surface area contributed by atoms with Crippen LogP contribution in [0.2, 0.25) is 5.02 Å². The predicted molar refractivity (Wildman–Crippen MR) is 109 cm³/mol. The molecule has 1 aliphatic heterocycles. The van der Waals surface area contributed by atoms with E-state index in [2.05, 4.69) is 30.0 Å². The van der Waals surface area contributed by atoms with E-state index in [-0.39, 0.29) is 0 Å². The number of anilines is 2. The second kappa shape index (κ2) is 7.96. The smallest absolute Gasteiger partial charge is 0.231 e. The van der Waals surface area contributed by atoms with Gasteiger partial charge in [0, 0.05) is 30.9 Å². The van der Waals surface area contributed by atoms with Gasteiger partial charge in [-0.05, 0) is 62.1 Å². The summed E-state index contributed by atoms with van der Waals surface area (Å²) in [5.74, 6) is 3.37. The Labute approximate surface area is 164 Å². The summed E-state index contributed by atoms with van der Waals surface area (Å²) in [5.41, 5.74) is 1.04. The number of nitrogens with one attached hydrogen (secondary N) is 1. The molecule has 1 fully saturated rings. The molecule has 3 heterocycles. The summed E-state index contributed by atoms with van der Waals surface area (Å²) in [6, 6.07) is 13.8. The maximum Gasteiger partial charge on any atom is 0.231 e. The van der Waals surface area contributed by atoms with E-state index in [1.165, 1.54) is 0 Å². The second-order valence-corrected chi connectivity index (χ2v) is 7.32. The fourth-order valence-corrected chi connectivity index (χ4v) is 3.63. The minimum absolute atomic E-state index is 0.635. The zero-order valence-electron chi connectivity index (χ0n) is 15.3. The molecule has 0 atom stereocenters. The van der Waals surface area contributed by atoms with Crippen molar-refractivity contribution >= 4 is 23.4 Å². The largest absolute Gasteiger partial charge is 0.370 e. The number of benzene rings is 1. The maximum absolute atomic E-state index is 6.03. The monoisotopic (exact) mass is 382 g/mol. The van der Waals surface area contributed by atoms with Gasteiger partial charge in [-0.3, -0.25) is 4.57 Å². The first-order chi connectivity index (χ1) is 13.2. The van der Waals surface area contributed by atoms with Gasteiger partial charge in [0.05, 0.1) is 5.69 Å². The Bertz CT molecular complexity index is 869. The molecular weight excluding hydrogens is 360 g/mol. The first kappa shape index (κ1) is 17.8. The van der Waals surface area contributed by atoms with Crippen molar-refractivity contribution in [3.05, 3.63) is 59.5 Å². The van der Waals surface area contributed by atoms with Crippen LogP contribution in [0.4, 0.5) is 11.8 Å². The summed E-state index contributed by atoms with van der Waals surface area (Å²) in [5, 5.41) is 12.9. The van der Waals surface area contributed by atoms with E-state index in [0.29, 0.717) is 5.92 Å². The van der Waals surface area contributed by atoms with Crippen LogP contribution in [0.15, 0.2) is 48.7 Å². The summed E-state index contributed by atoms with van der Waals surface area (Å²) < 4.78 is 2.10. The zero-order valence-corrected chi connectivity index (χ0v) is 16.1. The summed E-state index contributed by atoms with van der Waals surface area (Å²) in [4.78, 5) is 6.65. The third-order valence-corrected chi connectivity index (χ3v) is 5.28. The molecule has 3 aromatic rings. The molecule has 0 spiro atoms. The molecule has 2 aromatic heterocycles. The lowest BCUT2D eigenvalue weighted by atomic mass is 9.97. The highest BCUT2D eigenvalue weighted by Crippen LogP contribution is 2.26. The van der Waals surface area contributed by atoms with E-state index in [1.54, 1.807) is 0 Å². The number of aryl methyl sites for hydroxylation is 1. The van der Waals surface area contributed by atoms with Crippen molar-refractivity contribution < 1.29 is 0 Å². The van der Waals surface area contributed by atoms with E-state index in [9.17, 15) is 0 Å². The zero-order chi connectivity index (χ0) is 18.6. The van der Waals surface area contributed by atoms with Crippen molar-refractivity contribution in [2.75, 3.05) is 29.9 Å². The Kier molecular flexibility index (Phi) is 5.25. The lowest BCUT2D eigenvalue weighted by Gasteiger charge is -2.32. The summed E-state index contributed by atoms with van der Waals surface area (Å²) in [7, 11) is 0. The Balaban J connectivity index is 1.41. The van der Waals surface area contributed by atoms with Gasteiger partial charge in [-0.25, -0.2) is 4.98 Å². The van der Waals surface area contributed by atoms with E-state index in [0.717, 1.165) is 60.8 Å². The highest BCUT2D eigenvalue weighted by atomic mass is 35.5. The molecule has 1 saturated heterocycles. The van der Waals surface area contributed by atoms with Crippen molar-refractivity contribution in [3.63, 3.8) is 0 Å². The topological polar surface area (TPSA) is 58.9 Å². The van der Waals surface area contributed by atoms with Gasteiger partial charge in [0.1, 0.15) is 11.6 Å². The molecule has 0 aliphatic carbocycles. The molecule has 0 radical (unpaired) electrons. The van der Waals surface area contributed by atoms with Gasteiger partial charge >= 0.3 is 0 Å². The van der Waals surface area contributed by atoms with Gasteiger partial charge in [0.15, 0.2) is 0 Å². The third-order valence-electron chi connectivity index (χ3n) is 5.03. The number of hydrogen-bond donors (Lipinski definition) is 1. The number of aromatic nitrogens is 4. The molecule has 0 amide bonds. The van der Waals surface area contributed by atoms with E-state index in [1.807, 2.05) is 55.6 Å². The van der Waals surface area contributed by atoms with Gasteiger partial charge in [-0.15, -0.1) is 10.2 Å². The Hall–Kier alpha value is -2.60. The summed E-state index contributed by atoms with van der Waals surface area (Å²) in [6.45, 7) is 4.88. The third kappa shape index (κ3) is 4.06. The normalized spacial score (nSPS) is 15.1. The minimum Gasteiger partial charge on any atom is -0.370 e. The fraction of sp³-hybridized carbons (Fsp3) is 0.350. The molecule has 27 heavy (non-hydrogen) atoms. The number of pyridine rings is 1. The van der Waals surface area contributed by atoms with Crippen LogP contribution >= 0.6 is 11.6 Å². The number of nitrogens with zero attached hydrogens (tertiary/aromatic N) is 5. The van der Waals surface area contributed by atoms with Crippen LogP contribution in [0.3, 0.4) is 0 Å². The lowest BCUT2D eigenvalue weighted by Crippen LogP contribution is -2.37. The maximum atomic E-state index is 6.03. The van der Waals surface area contributed by atoms with Crippen LogP contribution in [0.1, 0.15) is 18.7 Å². The van der Waals surface area contributed by atoms with Crippen LogP contribution in [0, 0.1) is 12.8 Å². The second-order valence-electron chi connectivity index (χ2n) is 6.89. The number of piperidine rings is 1. The molecule has 1 aliphatic rings. The average molecular weight is 383 g/mol. The SMILES string of the molecule is Cc1nnc(N2CCC(CNc3ccccn3)CC2)n1-c1ccc(Cl)cc1. The van der Waals surface area contributed by atoms with Crippen molar-refractivity contribution in [2.45, 2.75) is 19.8 Å². The van der Waals surface area contributed by atoms with Crippen LogP contribution < -0.4 is 10.2 Å². The molecule has 140 valence electrons. The molecule has 0 unspecified atom stereocenters. The van der Waals surface area contributed by atoms with Crippen molar-refractivity contribution in [3.8, 4) is 5.69 Å². The van der Waals surface area contributed by atoms with Gasteiger partial charge in [0.2, 0.25) is 5.95 Å². The summed E-state index contributed by atoms with van der Waals surface area (Å²) in [6.07, 6.45) is 4.05. The fourth-order valence-electron chi connectivity index (χ4n) is 3.50. The van der Waals surface area contributed by atoms with E-state index >= 15 is 0 Å². The molecule has 6 nitrogen and oxygen atoms in total. The molecule has 0 saturated carbocycles. The summed E-state index contributed by atoms with van der Waals surface area (Å²) >= 11 is 6.03. The van der Waals surface area contributed by atoms with Crippen LogP contribution in [-0.2, 0) is 0 Å². The van der Waals surface area contributed by atoms with Crippen LogP contribution in [0.25, 0.3) is 5.69 Å². The molecule has 1 N–H and O–H groups in total. The number of rotatable bonds is 5. The van der Waals surface area contributed by atoms with Gasteiger partial charge < -0.3 is 10.2 Å². The van der Waals surface area contributed by atoms with Gasteiger partial charge in [0.25, 0.3) is 0 Å². The molecule has 4 rings (SSSR count). The van der Waals surface area contributed by atoms with Crippen molar-refractivity contribution in [1.82, 2.24) is 19.7 Å². The first-order valence-electron chi connectivity index (χ1n) is 9.28. The highest BCUT2D eigenvalue weighted by molar-refractivity contribution is 6.30. The number of halogens is 1. The van der Waals surface area contributed by atoms with E-state index < -0.39 is 0 Å². The van der Waals surface area contributed by atoms with Gasteiger partial charge in [-0.2, -0.15) is 0 Å². The van der Waals surface area contributed by atoms with E-state index in [4.69, 9.17) is 11.6 Å². The predicted octanol–water partition coefficient (Wildman–Crippen LogP) is 3.95. The van der Waals surface area contributed by atoms with Crippen LogP contribution in [0.5, 0.6) is 0 Å². The standard InChI is InChI=1S/C20H23ClN6/c1-15-24-25-20(27(15)18-7-5-17(21)6-8-18)26-12-9-16(10-13-26)14-23-19-4-2-3-11-22-19/h2-8,11,16H,9-10,12-14H2,1H3,(H,22,23). The Morgan fingerprint density at radius 1 is 1.07 bits per heavy atom. The van der Waals surface area contributed by atoms with Crippen molar-refractivity contribution in [1.29, 1.82) is 0 Å². The molecule has 0 bridgehead atoms. The number of hydrogen-bond acceptors (Lipinski definition) is 5. The lowest BCUT2D eigenvalue weighted by molar-refractivity contribution is 0.418. The highest BCUT2D eigenvalue weighted by Gasteiger charge is 2.24. The molecular formula is C20H23ClN6. The molecule has 1 aromatic carbocycles. The Morgan fingerprint density at radius 2 is 1.85 bits per heavy atom. The van der Waals surface area contributed by atoms with Crippen molar-refractivity contribution in [2.24, 2.45) is 5.92 Å². The Morgan fingerprint density at radius 3 is 2.56 bits per heavy atom. The molecule has 7 heteroatoms. The first-order valence-corrected chi connectivity index (χ1v) is 9.66. The van der Waals surface area contributed by atoms with Gasteiger partial charge in [-0.1, -0.05) is 17.7 Å².